The Balaban J connectivity index is 1.97. The van der Waals surface area contributed by atoms with Gasteiger partial charge in [0, 0.05) is 12.7 Å². The van der Waals surface area contributed by atoms with Crippen LogP contribution < -0.4 is 0 Å². The Bertz CT molecular complexity index is 321. The van der Waals surface area contributed by atoms with Crippen molar-refractivity contribution in [1.82, 2.24) is 10.0 Å². The zero-order valence-electron chi connectivity index (χ0n) is 7.56. The number of hydrogen-bond acceptors (Lipinski definition) is 4. The maximum atomic E-state index is 9.23. The summed E-state index contributed by atoms with van der Waals surface area (Å²) in [6.45, 7) is 1.54. The lowest BCUT2D eigenvalue weighted by Gasteiger charge is -2.12. The Morgan fingerprint density at radius 2 is 2.57 bits per heavy atom. The van der Waals surface area contributed by atoms with Gasteiger partial charge in [-0.25, -0.2) is 4.98 Å². The van der Waals surface area contributed by atoms with E-state index in [0.29, 0.717) is 24.8 Å². The number of aliphatic hydroxyl groups excluding tert-OH is 1. The second kappa shape index (κ2) is 4.23. The van der Waals surface area contributed by atoms with Gasteiger partial charge in [-0.2, -0.15) is 5.06 Å². The highest BCUT2D eigenvalue weighted by molar-refractivity contribution is 6.29. The zero-order chi connectivity index (χ0) is 9.97. The van der Waals surface area contributed by atoms with Crippen LogP contribution in [-0.2, 0) is 11.4 Å². The molecular formula is C9H11ClN2O2. The van der Waals surface area contributed by atoms with Crippen LogP contribution in [0.5, 0.6) is 0 Å². The standard InChI is InChI=1S/C9H11ClN2O2/c10-9-3-7(1-2-11-9)4-12-5-8(13)6-14-12/h1-3,8,13H,4-6H2/t8-/m1/s1. The largest absolute Gasteiger partial charge is 0.389 e. The Labute approximate surface area is 87.0 Å². The summed E-state index contributed by atoms with van der Waals surface area (Å²) < 4.78 is 0. The summed E-state index contributed by atoms with van der Waals surface area (Å²) >= 11 is 5.74. The van der Waals surface area contributed by atoms with E-state index in [-0.39, 0.29) is 6.10 Å². The molecule has 0 radical (unpaired) electrons. The highest BCUT2D eigenvalue weighted by atomic mass is 35.5. The first-order valence-corrected chi connectivity index (χ1v) is 4.78. The lowest BCUT2D eigenvalue weighted by molar-refractivity contribution is -0.117. The van der Waals surface area contributed by atoms with Gasteiger partial charge in [0.2, 0.25) is 0 Å². The molecule has 76 valence electrons. The number of aliphatic hydroxyl groups is 1. The third-order valence-corrected chi connectivity index (χ3v) is 2.22. The third kappa shape index (κ3) is 2.42. The topological polar surface area (TPSA) is 45.6 Å². The van der Waals surface area contributed by atoms with Crippen LogP contribution in [0.4, 0.5) is 0 Å². The van der Waals surface area contributed by atoms with Crippen molar-refractivity contribution in [3.05, 3.63) is 29.0 Å². The van der Waals surface area contributed by atoms with Crippen molar-refractivity contribution in [3.8, 4) is 0 Å². The number of halogens is 1. The average molecular weight is 215 g/mol. The number of pyridine rings is 1. The maximum Gasteiger partial charge on any atom is 0.129 e. The fourth-order valence-electron chi connectivity index (χ4n) is 1.39. The van der Waals surface area contributed by atoms with Crippen LogP contribution in [0, 0.1) is 0 Å². The lowest BCUT2D eigenvalue weighted by atomic mass is 10.2. The van der Waals surface area contributed by atoms with E-state index >= 15 is 0 Å². The van der Waals surface area contributed by atoms with Gasteiger partial charge in [0.05, 0.1) is 19.3 Å². The van der Waals surface area contributed by atoms with Gasteiger partial charge in [0.25, 0.3) is 0 Å². The van der Waals surface area contributed by atoms with Crippen LogP contribution >= 0.6 is 11.6 Å². The summed E-state index contributed by atoms with van der Waals surface area (Å²) in [4.78, 5) is 9.11. The molecule has 1 aromatic rings. The molecule has 2 rings (SSSR count). The van der Waals surface area contributed by atoms with Crippen LogP contribution in [0.2, 0.25) is 5.15 Å². The van der Waals surface area contributed by atoms with Crippen LogP contribution in [0.25, 0.3) is 0 Å². The van der Waals surface area contributed by atoms with E-state index in [1.54, 1.807) is 17.3 Å². The number of aromatic nitrogens is 1. The van der Waals surface area contributed by atoms with Crippen molar-refractivity contribution in [2.45, 2.75) is 12.6 Å². The van der Waals surface area contributed by atoms with E-state index in [0.717, 1.165) is 5.56 Å². The Kier molecular flexibility index (Phi) is 2.98. The van der Waals surface area contributed by atoms with Crippen molar-refractivity contribution >= 4 is 11.6 Å². The number of hydrogen-bond donors (Lipinski definition) is 1. The quantitative estimate of drug-likeness (QED) is 0.742. The summed E-state index contributed by atoms with van der Waals surface area (Å²) in [5, 5.41) is 11.4. The van der Waals surface area contributed by atoms with E-state index in [4.69, 9.17) is 16.4 Å². The molecule has 1 aliphatic rings. The van der Waals surface area contributed by atoms with Crippen LogP contribution in [0.1, 0.15) is 5.56 Å². The summed E-state index contributed by atoms with van der Waals surface area (Å²) in [6, 6.07) is 3.66. The molecule has 2 heterocycles. The van der Waals surface area contributed by atoms with Crippen molar-refractivity contribution in [2.75, 3.05) is 13.2 Å². The molecule has 14 heavy (non-hydrogen) atoms. The normalized spacial score (nSPS) is 22.9. The molecule has 1 N–H and O–H groups in total. The first kappa shape index (κ1) is 9.86. The van der Waals surface area contributed by atoms with Crippen molar-refractivity contribution in [2.24, 2.45) is 0 Å². The van der Waals surface area contributed by atoms with Gasteiger partial charge in [0.1, 0.15) is 5.15 Å². The molecule has 0 saturated carbocycles. The summed E-state index contributed by atoms with van der Waals surface area (Å²) in [6.07, 6.45) is 1.27. The second-order valence-corrected chi connectivity index (χ2v) is 3.65. The van der Waals surface area contributed by atoms with E-state index in [9.17, 15) is 5.11 Å². The Morgan fingerprint density at radius 3 is 3.21 bits per heavy atom. The number of β-amino-alcohol motifs (C(OH)–C–C–N with tert-alkyl or cyclic N) is 1. The van der Waals surface area contributed by atoms with E-state index < -0.39 is 0 Å². The molecule has 0 unspecified atom stereocenters. The monoisotopic (exact) mass is 214 g/mol. The highest BCUT2D eigenvalue weighted by Crippen LogP contribution is 2.13. The molecule has 1 aliphatic heterocycles. The minimum Gasteiger partial charge on any atom is -0.389 e. The fourth-order valence-corrected chi connectivity index (χ4v) is 1.58. The molecule has 0 aromatic carbocycles. The summed E-state index contributed by atoms with van der Waals surface area (Å²) in [7, 11) is 0. The Morgan fingerprint density at radius 1 is 1.71 bits per heavy atom. The summed E-state index contributed by atoms with van der Waals surface area (Å²) in [5.41, 5.74) is 1.03. The van der Waals surface area contributed by atoms with Gasteiger partial charge >= 0.3 is 0 Å². The zero-order valence-corrected chi connectivity index (χ0v) is 8.31. The predicted molar refractivity (Wildman–Crippen MR) is 51.6 cm³/mol. The van der Waals surface area contributed by atoms with Gasteiger partial charge in [-0.05, 0) is 17.7 Å². The van der Waals surface area contributed by atoms with Crippen molar-refractivity contribution in [1.29, 1.82) is 0 Å². The number of rotatable bonds is 2. The lowest BCUT2D eigenvalue weighted by Crippen LogP contribution is -2.20. The second-order valence-electron chi connectivity index (χ2n) is 3.26. The molecule has 4 nitrogen and oxygen atoms in total. The third-order valence-electron chi connectivity index (χ3n) is 2.01. The molecule has 0 spiro atoms. The smallest absolute Gasteiger partial charge is 0.129 e. The average Bonchev–Trinajstić information content (AvgIpc) is 2.51. The van der Waals surface area contributed by atoms with E-state index in [1.807, 2.05) is 6.07 Å². The minimum absolute atomic E-state index is 0.374. The van der Waals surface area contributed by atoms with Crippen molar-refractivity contribution < 1.29 is 9.94 Å². The van der Waals surface area contributed by atoms with Gasteiger partial charge in [-0.1, -0.05) is 11.6 Å². The van der Waals surface area contributed by atoms with Crippen LogP contribution in [0.15, 0.2) is 18.3 Å². The van der Waals surface area contributed by atoms with Crippen LogP contribution in [-0.4, -0.2) is 34.4 Å². The molecule has 1 atom stereocenters. The minimum atomic E-state index is -0.382. The van der Waals surface area contributed by atoms with E-state index in [2.05, 4.69) is 4.98 Å². The SMILES string of the molecule is O[C@H]1CON(Cc2ccnc(Cl)c2)C1. The first-order valence-electron chi connectivity index (χ1n) is 4.40. The molecule has 0 bridgehead atoms. The molecule has 1 saturated heterocycles. The Hall–Kier alpha value is -0.680. The fraction of sp³-hybridized carbons (Fsp3) is 0.444. The first-order chi connectivity index (χ1) is 6.74. The molecule has 5 heteroatoms. The van der Waals surface area contributed by atoms with Gasteiger partial charge in [-0.3, -0.25) is 4.84 Å². The number of hydroxylamine groups is 2. The molecular weight excluding hydrogens is 204 g/mol. The summed E-state index contributed by atoms with van der Waals surface area (Å²) in [5.74, 6) is 0. The number of nitrogens with zero attached hydrogens (tertiary/aromatic N) is 2. The van der Waals surface area contributed by atoms with Crippen LogP contribution in [0.3, 0.4) is 0 Å². The highest BCUT2D eigenvalue weighted by Gasteiger charge is 2.21. The van der Waals surface area contributed by atoms with E-state index in [1.165, 1.54) is 0 Å². The molecule has 0 amide bonds. The van der Waals surface area contributed by atoms with Gasteiger partial charge in [0.15, 0.2) is 0 Å². The maximum absolute atomic E-state index is 9.23. The van der Waals surface area contributed by atoms with Crippen molar-refractivity contribution in [3.63, 3.8) is 0 Å². The molecule has 1 aromatic heterocycles. The van der Waals surface area contributed by atoms with Gasteiger partial charge in [-0.15, -0.1) is 0 Å². The predicted octanol–water partition coefficient (Wildman–Crippen LogP) is 0.843. The molecule has 0 aliphatic carbocycles. The van der Waals surface area contributed by atoms with Gasteiger partial charge < -0.3 is 5.11 Å². The molecule has 1 fully saturated rings.